The minimum absolute atomic E-state index is 0.0397. The highest BCUT2D eigenvalue weighted by Crippen LogP contribution is 2.12. The zero-order valence-electron chi connectivity index (χ0n) is 14.4. The SMILES string of the molecule is C=CCN(CC(=O)Nc1nccs1)C(=O)c1ccc(CCCC)cc1. The maximum atomic E-state index is 12.7. The van der Waals surface area contributed by atoms with Gasteiger partial charge in [0.1, 0.15) is 6.54 Å². The Balaban J connectivity index is 2.01. The molecule has 0 unspecified atom stereocenters. The summed E-state index contributed by atoms with van der Waals surface area (Å²) in [5, 5.41) is 4.99. The number of hydrogen-bond donors (Lipinski definition) is 1. The number of aryl methyl sites for hydroxylation is 1. The van der Waals surface area contributed by atoms with Gasteiger partial charge in [0.05, 0.1) is 0 Å². The zero-order valence-corrected chi connectivity index (χ0v) is 15.2. The van der Waals surface area contributed by atoms with Crippen molar-refractivity contribution in [3.63, 3.8) is 0 Å². The van der Waals surface area contributed by atoms with E-state index in [4.69, 9.17) is 0 Å². The summed E-state index contributed by atoms with van der Waals surface area (Å²) in [5.74, 6) is -0.457. The fourth-order valence-electron chi connectivity index (χ4n) is 2.37. The van der Waals surface area contributed by atoms with E-state index in [9.17, 15) is 9.59 Å². The second-order valence-electron chi connectivity index (χ2n) is 5.66. The quantitative estimate of drug-likeness (QED) is 0.695. The Labute approximate surface area is 152 Å². The van der Waals surface area contributed by atoms with Gasteiger partial charge in [-0.05, 0) is 30.5 Å². The van der Waals surface area contributed by atoms with Crippen molar-refractivity contribution in [1.29, 1.82) is 0 Å². The molecule has 0 bridgehead atoms. The molecule has 0 radical (unpaired) electrons. The van der Waals surface area contributed by atoms with Gasteiger partial charge >= 0.3 is 0 Å². The number of aromatic nitrogens is 1. The minimum Gasteiger partial charge on any atom is -0.326 e. The highest BCUT2D eigenvalue weighted by atomic mass is 32.1. The predicted molar refractivity (Wildman–Crippen MR) is 102 cm³/mol. The normalized spacial score (nSPS) is 10.3. The van der Waals surface area contributed by atoms with Crippen LogP contribution in [0.15, 0.2) is 48.5 Å². The van der Waals surface area contributed by atoms with Gasteiger partial charge in [-0.1, -0.05) is 31.6 Å². The van der Waals surface area contributed by atoms with E-state index in [1.54, 1.807) is 17.7 Å². The summed E-state index contributed by atoms with van der Waals surface area (Å²) >= 11 is 1.34. The summed E-state index contributed by atoms with van der Waals surface area (Å²) in [4.78, 5) is 30.3. The molecule has 2 aromatic rings. The van der Waals surface area contributed by atoms with Crippen molar-refractivity contribution < 1.29 is 9.59 Å². The van der Waals surface area contributed by atoms with Crippen LogP contribution in [0.4, 0.5) is 5.13 Å². The molecule has 1 N–H and O–H groups in total. The lowest BCUT2D eigenvalue weighted by molar-refractivity contribution is -0.116. The van der Waals surface area contributed by atoms with Crippen LogP contribution in [0.1, 0.15) is 35.7 Å². The second kappa shape index (κ2) is 9.74. The standard InChI is InChI=1S/C19H23N3O2S/c1-3-5-6-15-7-9-16(10-8-15)18(24)22(12-4-2)14-17(23)21-19-20-11-13-25-19/h4,7-11,13H,2-3,5-6,12,14H2,1H3,(H,20,21,23). The molecule has 0 saturated heterocycles. The van der Waals surface area contributed by atoms with Gasteiger partial charge in [-0.2, -0.15) is 0 Å². The molecule has 25 heavy (non-hydrogen) atoms. The summed E-state index contributed by atoms with van der Waals surface area (Å²) in [6.45, 7) is 6.09. The number of amides is 2. The van der Waals surface area contributed by atoms with E-state index in [0.717, 1.165) is 19.3 Å². The largest absolute Gasteiger partial charge is 0.326 e. The highest BCUT2D eigenvalue weighted by Gasteiger charge is 2.18. The van der Waals surface area contributed by atoms with Crippen molar-refractivity contribution >= 4 is 28.3 Å². The van der Waals surface area contributed by atoms with Gasteiger partial charge in [0, 0.05) is 23.7 Å². The number of nitrogens with zero attached hydrogens (tertiary/aromatic N) is 2. The van der Waals surface area contributed by atoms with Crippen molar-refractivity contribution in [1.82, 2.24) is 9.88 Å². The fourth-order valence-corrected chi connectivity index (χ4v) is 2.91. The average molecular weight is 357 g/mol. The van der Waals surface area contributed by atoms with Crippen LogP contribution in [-0.4, -0.2) is 34.8 Å². The summed E-state index contributed by atoms with van der Waals surface area (Å²) in [7, 11) is 0. The summed E-state index contributed by atoms with van der Waals surface area (Å²) in [5.41, 5.74) is 1.79. The average Bonchev–Trinajstić information content (AvgIpc) is 3.12. The molecule has 0 aliphatic rings. The second-order valence-corrected chi connectivity index (χ2v) is 6.55. The van der Waals surface area contributed by atoms with Crippen LogP contribution in [-0.2, 0) is 11.2 Å². The Morgan fingerprint density at radius 1 is 1.32 bits per heavy atom. The monoisotopic (exact) mass is 357 g/mol. The van der Waals surface area contributed by atoms with Gasteiger partial charge in [-0.3, -0.25) is 9.59 Å². The van der Waals surface area contributed by atoms with Crippen molar-refractivity contribution in [3.8, 4) is 0 Å². The Kier molecular flexibility index (Phi) is 7.35. The van der Waals surface area contributed by atoms with E-state index in [0.29, 0.717) is 17.2 Å². The van der Waals surface area contributed by atoms with Crippen LogP contribution < -0.4 is 5.32 Å². The van der Waals surface area contributed by atoms with E-state index < -0.39 is 0 Å². The van der Waals surface area contributed by atoms with Gasteiger partial charge in [0.25, 0.3) is 5.91 Å². The molecule has 0 spiro atoms. The number of hydrogen-bond acceptors (Lipinski definition) is 4. The van der Waals surface area contributed by atoms with Crippen molar-refractivity contribution in [2.45, 2.75) is 26.2 Å². The molecule has 2 rings (SSSR count). The number of nitrogens with one attached hydrogen (secondary N) is 1. The number of carbonyl (C=O) groups is 2. The highest BCUT2D eigenvalue weighted by molar-refractivity contribution is 7.13. The molecule has 0 saturated carbocycles. The lowest BCUT2D eigenvalue weighted by atomic mass is 10.1. The molecule has 0 atom stereocenters. The van der Waals surface area contributed by atoms with Gasteiger partial charge in [0.2, 0.25) is 5.91 Å². The lowest BCUT2D eigenvalue weighted by Gasteiger charge is -2.20. The van der Waals surface area contributed by atoms with E-state index in [1.165, 1.54) is 21.8 Å². The fraction of sp³-hybridized carbons (Fsp3) is 0.316. The van der Waals surface area contributed by atoms with E-state index in [-0.39, 0.29) is 18.4 Å². The zero-order chi connectivity index (χ0) is 18.1. The maximum Gasteiger partial charge on any atom is 0.254 e. The van der Waals surface area contributed by atoms with Crippen molar-refractivity contribution in [3.05, 3.63) is 59.6 Å². The van der Waals surface area contributed by atoms with Crippen LogP contribution in [0.5, 0.6) is 0 Å². The van der Waals surface area contributed by atoms with Gasteiger partial charge in [-0.15, -0.1) is 17.9 Å². The first-order chi connectivity index (χ1) is 12.1. The van der Waals surface area contributed by atoms with Crippen LogP contribution in [0.2, 0.25) is 0 Å². The van der Waals surface area contributed by atoms with Crippen LogP contribution >= 0.6 is 11.3 Å². The van der Waals surface area contributed by atoms with E-state index in [1.807, 2.05) is 24.3 Å². The Bertz CT molecular complexity index is 696. The first-order valence-corrected chi connectivity index (χ1v) is 9.20. The van der Waals surface area contributed by atoms with Crippen LogP contribution in [0, 0.1) is 0 Å². The third kappa shape index (κ3) is 5.83. The minimum atomic E-state index is -0.273. The summed E-state index contributed by atoms with van der Waals surface area (Å²) in [6.07, 6.45) is 6.52. The molecular formula is C19H23N3O2S. The maximum absolute atomic E-state index is 12.7. The number of rotatable bonds is 9. The molecule has 5 nitrogen and oxygen atoms in total. The molecule has 2 amide bonds. The number of thiazole rings is 1. The lowest BCUT2D eigenvalue weighted by Crippen LogP contribution is -2.38. The molecule has 6 heteroatoms. The first kappa shape index (κ1) is 18.9. The first-order valence-electron chi connectivity index (χ1n) is 8.32. The number of unbranched alkanes of at least 4 members (excludes halogenated alkanes) is 1. The van der Waals surface area contributed by atoms with Gasteiger partial charge in [-0.25, -0.2) is 4.98 Å². The number of carbonyl (C=O) groups excluding carboxylic acids is 2. The van der Waals surface area contributed by atoms with E-state index in [2.05, 4.69) is 23.8 Å². The molecule has 132 valence electrons. The topological polar surface area (TPSA) is 62.3 Å². The van der Waals surface area contributed by atoms with Crippen molar-refractivity contribution in [2.75, 3.05) is 18.4 Å². The number of benzene rings is 1. The van der Waals surface area contributed by atoms with Crippen molar-refractivity contribution in [2.24, 2.45) is 0 Å². The molecule has 0 aliphatic heterocycles. The third-order valence-corrected chi connectivity index (χ3v) is 4.36. The Hall–Kier alpha value is -2.47. The summed E-state index contributed by atoms with van der Waals surface area (Å²) in [6, 6.07) is 7.60. The molecule has 0 fully saturated rings. The molecule has 1 aromatic heterocycles. The summed E-state index contributed by atoms with van der Waals surface area (Å²) < 4.78 is 0. The van der Waals surface area contributed by atoms with E-state index >= 15 is 0 Å². The van der Waals surface area contributed by atoms with Crippen LogP contribution in [0.3, 0.4) is 0 Å². The molecule has 0 aliphatic carbocycles. The smallest absolute Gasteiger partial charge is 0.254 e. The van der Waals surface area contributed by atoms with Crippen LogP contribution in [0.25, 0.3) is 0 Å². The molecular weight excluding hydrogens is 334 g/mol. The van der Waals surface area contributed by atoms with Gasteiger partial charge < -0.3 is 10.2 Å². The molecule has 1 heterocycles. The number of anilines is 1. The third-order valence-electron chi connectivity index (χ3n) is 3.67. The predicted octanol–water partition coefficient (Wildman–Crippen LogP) is 3.75. The van der Waals surface area contributed by atoms with Gasteiger partial charge in [0.15, 0.2) is 5.13 Å². The molecule has 1 aromatic carbocycles. The Morgan fingerprint density at radius 2 is 2.08 bits per heavy atom. The Morgan fingerprint density at radius 3 is 2.68 bits per heavy atom.